The predicted molar refractivity (Wildman–Crippen MR) is 101 cm³/mol. The number of fused-ring (bicyclic) bond motifs is 1. The van der Waals surface area contributed by atoms with Crippen LogP contribution < -0.4 is 4.90 Å². The van der Waals surface area contributed by atoms with Crippen LogP contribution in [0.2, 0.25) is 0 Å². The molecular formula is C20H31N3O2. The number of benzene rings is 1. The maximum absolute atomic E-state index is 12.6. The number of hydrogen-bond acceptors (Lipinski definition) is 4. The summed E-state index contributed by atoms with van der Waals surface area (Å²) in [6.45, 7) is 11.8. The molecule has 1 fully saturated rings. The number of anilines is 1. The van der Waals surface area contributed by atoms with Gasteiger partial charge in [0.2, 0.25) is 5.91 Å². The highest BCUT2D eigenvalue weighted by atomic mass is 16.5. The molecule has 2 aliphatic rings. The second kappa shape index (κ2) is 8.79. The maximum Gasteiger partial charge on any atom is 0.228 e. The van der Waals surface area contributed by atoms with Crippen molar-refractivity contribution in [3.63, 3.8) is 0 Å². The number of piperazine rings is 1. The first-order chi connectivity index (χ1) is 12.2. The van der Waals surface area contributed by atoms with Gasteiger partial charge in [-0.2, -0.15) is 0 Å². The average molecular weight is 345 g/mol. The zero-order chi connectivity index (χ0) is 17.6. The lowest BCUT2D eigenvalue weighted by atomic mass is 10.1. The van der Waals surface area contributed by atoms with Crippen LogP contribution in [0.15, 0.2) is 24.3 Å². The highest BCUT2D eigenvalue weighted by Crippen LogP contribution is 2.27. The molecule has 3 rings (SSSR count). The first kappa shape index (κ1) is 18.4. The lowest BCUT2D eigenvalue weighted by molar-refractivity contribution is -0.119. The second-order valence-corrected chi connectivity index (χ2v) is 7.06. The van der Waals surface area contributed by atoms with Gasteiger partial charge < -0.3 is 14.5 Å². The summed E-state index contributed by atoms with van der Waals surface area (Å²) in [5.41, 5.74) is 2.41. The van der Waals surface area contributed by atoms with Crippen molar-refractivity contribution in [2.75, 3.05) is 57.4 Å². The van der Waals surface area contributed by atoms with Crippen molar-refractivity contribution >= 4 is 11.6 Å². The van der Waals surface area contributed by atoms with E-state index in [4.69, 9.17) is 4.74 Å². The van der Waals surface area contributed by atoms with E-state index < -0.39 is 0 Å². The molecule has 1 aromatic rings. The Morgan fingerprint density at radius 3 is 2.84 bits per heavy atom. The van der Waals surface area contributed by atoms with Gasteiger partial charge in [-0.15, -0.1) is 0 Å². The fourth-order valence-electron chi connectivity index (χ4n) is 3.92. The lowest BCUT2D eigenvalue weighted by Crippen LogP contribution is -2.53. The minimum absolute atomic E-state index is 0.261. The van der Waals surface area contributed by atoms with Gasteiger partial charge in [0.1, 0.15) is 0 Å². The summed E-state index contributed by atoms with van der Waals surface area (Å²) in [6.07, 6.45) is 1.59. The Bertz CT molecular complexity index is 578. The van der Waals surface area contributed by atoms with E-state index >= 15 is 0 Å². The molecule has 1 unspecified atom stereocenters. The Labute approximate surface area is 151 Å². The van der Waals surface area contributed by atoms with E-state index in [0.29, 0.717) is 12.5 Å². The fourth-order valence-corrected chi connectivity index (χ4v) is 3.92. The Morgan fingerprint density at radius 2 is 2.04 bits per heavy atom. The molecule has 1 saturated heterocycles. The van der Waals surface area contributed by atoms with Crippen LogP contribution in [-0.2, 0) is 16.0 Å². The number of amides is 1. The summed E-state index contributed by atoms with van der Waals surface area (Å²) in [5.74, 6) is 0.261. The average Bonchev–Trinajstić information content (AvgIpc) is 3.06. The zero-order valence-electron chi connectivity index (χ0n) is 15.6. The summed E-state index contributed by atoms with van der Waals surface area (Å²) in [7, 11) is 0. The molecular weight excluding hydrogens is 314 g/mol. The van der Waals surface area contributed by atoms with E-state index in [-0.39, 0.29) is 5.91 Å². The Hall–Kier alpha value is -1.43. The Morgan fingerprint density at radius 1 is 1.20 bits per heavy atom. The molecule has 0 bridgehead atoms. The minimum Gasteiger partial charge on any atom is -0.380 e. The van der Waals surface area contributed by atoms with Crippen molar-refractivity contribution in [2.24, 2.45) is 0 Å². The highest BCUT2D eigenvalue weighted by molar-refractivity contribution is 5.95. The molecule has 0 aromatic heterocycles. The normalized spacial score (nSPS) is 21.5. The molecule has 0 N–H and O–H groups in total. The van der Waals surface area contributed by atoms with Crippen LogP contribution >= 0.6 is 0 Å². The third-order valence-electron chi connectivity index (χ3n) is 5.41. The van der Waals surface area contributed by atoms with Gasteiger partial charge >= 0.3 is 0 Å². The number of carbonyl (C=O) groups excluding carboxylic acids is 1. The van der Waals surface area contributed by atoms with Crippen LogP contribution in [0.4, 0.5) is 5.69 Å². The van der Waals surface area contributed by atoms with Crippen LogP contribution in [0.1, 0.15) is 25.8 Å². The van der Waals surface area contributed by atoms with Crippen molar-refractivity contribution in [2.45, 2.75) is 32.7 Å². The predicted octanol–water partition coefficient (Wildman–Crippen LogP) is 2.01. The topological polar surface area (TPSA) is 36.0 Å². The maximum atomic E-state index is 12.6. The second-order valence-electron chi connectivity index (χ2n) is 7.06. The van der Waals surface area contributed by atoms with Gasteiger partial charge in [0.25, 0.3) is 0 Å². The van der Waals surface area contributed by atoms with E-state index in [1.165, 1.54) is 5.56 Å². The van der Waals surface area contributed by atoms with E-state index in [2.05, 4.69) is 34.9 Å². The molecule has 25 heavy (non-hydrogen) atoms. The number of carbonyl (C=O) groups is 1. The quantitative estimate of drug-likeness (QED) is 0.708. The van der Waals surface area contributed by atoms with Gasteiger partial charge in [-0.05, 0) is 31.9 Å². The zero-order valence-corrected chi connectivity index (χ0v) is 15.6. The minimum atomic E-state index is 0.261. The van der Waals surface area contributed by atoms with Crippen LogP contribution in [-0.4, -0.2) is 74.2 Å². The number of rotatable bonds is 7. The molecule has 1 aromatic carbocycles. The molecule has 1 amide bonds. The Kier molecular flexibility index (Phi) is 6.45. The van der Waals surface area contributed by atoms with Gasteiger partial charge in [0.15, 0.2) is 0 Å². The van der Waals surface area contributed by atoms with Gasteiger partial charge in [0, 0.05) is 64.0 Å². The van der Waals surface area contributed by atoms with Gasteiger partial charge in [-0.25, -0.2) is 0 Å². The third kappa shape index (κ3) is 4.60. The smallest absolute Gasteiger partial charge is 0.228 e. The van der Waals surface area contributed by atoms with Crippen molar-refractivity contribution in [1.82, 2.24) is 9.80 Å². The third-order valence-corrected chi connectivity index (χ3v) is 5.41. The summed E-state index contributed by atoms with van der Waals surface area (Å²) < 4.78 is 5.47. The van der Waals surface area contributed by atoms with Gasteiger partial charge in [-0.3, -0.25) is 9.69 Å². The van der Waals surface area contributed by atoms with E-state index in [0.717, 1.165) is 64.6 Å². The molecule has 5 nitrogen and oxygen atoms in total. The molecule has 0 saturated carbocycles. The number of ether oxygens (including phenoxy) is 1. The number of para-hydroxylation sites is 1. The molecule has 1 atom stereocenters. The van der Waals surface area contributed by atoms with E-state index in [9.17, 15) is 4.79 Å². The van der Waals surface area contributed by atoms with Crippen molar-refractivity contribution < 1.29 is 9.53 Å². The van der Waals surface area contributed by atoms with Crippen LogP contribution in [0, 0.1) is 0 Å². The number of nitrogens with zero attached hydrogens (tertiary/aromatic N) is 3. The highest BCUT2D eigenvalue weighted by Gasteiger charge is 2.26. The fraction of sp³-hybridized carbons (Fsp3) is 0.650. The summed E-state index contributed by atoms with van der Waals surface area (Å²) in [6, 6.07) is 8.80. The van der Waals surface area contributed by atoms with Gasteiger partial charge in [-0.1, -0.05) is 18.2 Å². The summed E-state index contributed by atoms with van der Waals surface area (Å²) >= 11 is 0. The SMILES string of the molecule is CCOCCN1CCN(CCC(=O)N2CCc3ccccc32)CC1C. The molecule has 138 valence electrons. The lowest BCUT2D eigenvalue weighted by Gasteiger charge is -2.39. The van der Waals surface area contributed by atoms with Crippen molar-refractivity contribution in [3.8, 4) is 0 Å². The van der Waals surface area contributed by atoms with E-state index in [1.54, 1.807) is 0 Å². The molecule has 0 radical (unpaired) electrons. The van der Waals surface area contributed by atoms with Crippen molar-refractivity contribution in [1.29, 1.82) is 0 Å². The van der Waals surface area contributed by atoms with Crippen LogP contribution in [0.5, 0.6) is 0 Å². The largest absolute Gasteiger partial charge is 0.380 e. The van der Waals surface area contributed by atoms with E-state index in [1.807, 2.05) is 17.9 Å². The van der Waals surface area contributed by atoms with Crippen LogP contribution in [0.3, 0.4) is 0 Å². The number of hydrogen-bond donors (Lipinski definition) is 0. The first-order valence-electron chi connectivity index (χ1n) is 9.61. The first-order valence-corrected chi connectivity index (χ1v) is 9.61. The molecule has 0 aliphatic carbocycles. The molecule has 2 aliphatic heterocycles. The monoisotopic (exact) mass is 345 g/mol. The van der Waals surface area contributed by atoms with Crippen LogP contribution in [0.25, 0.3) is 0 Å². The summed E-state index contributed by atoms with van der Waals surface area (Å²) in [4.78, 5) is 19.5. The summed E-state index contributed by atoms with van der Waals surface area (Å²) in [5, 5.41) is 0. The standard InChI is InChI=1S/C20H31N3O2/c1-3-25-15-14-22-13-12-21(16-17(22)2)10-9-20(24)23-11-8-18-6-4-5-7-19(18)23/h4-7,17H,3,8-16H2,1-2H3. The Balaban J connectivity index is 1.43. The van der Waals surface area contributed by atoms with Gasteiger partial charge in [0.05, 0.1) is 6.61 Å². The molecule has 0 spiro atoms. The van der Waals surface area contributed by atoms with Crippen molar-refractivity contribution in [3.05, 3.63) is 29.8 Å². The molecule has 2 heterocycles. The molecule has 5 heteroatoms.